The van der Waals surface area contributed by atoms with E-state index in [0.717, 1.165) is 12.1 Å². The van der Waals surface area contributed by atoms with Gasteiger partial charge in [-0.15, -0.1) is 0 Å². The lowest BCUT2D eigenvalue weighted by atomic mass is 10.0. The Kier molecular flexibility index (Phi) is 3.75. The SMILES string of the molecule is O=C(Nc1ccc2c(c1)OCO2)C1(C(=O)Nc2c(F)cccc2F)CC1. The Labute approximate surface area is 147 Å². The minimum absolute atomic E-state index is 0.104. The Balaban J connectivity index is 1.49. The van der Waals surface area contributed by atoms with Crippen LogP contribution in [-0.4, -0.2) is 18.6 Å². The van der Waals surface area contributed by atoms with Crippen molar-refractivity contribution in [3.8, 4) is 11.5 Å². The van der Waals surface area contributed by atoms with Crippen LogP contribution in [0, 0.1) is 17.0 Å². The first-order valence-electron chi connectivity index (χ1n) is 7.96. The van der Waals surface area contributed by atoms with Gasteiger partial charge in [0.1, 0.15) is 22.7 Å². The average Bonchev–Trinajstić information content (AvgIpc) is 3.31. The van der Waals surface area contributed by atoms with Gasteiger partial charge in [-0.25, -0.2) is 8.78 Å². The normalized spacial score (nSPS) is 16.1. The van der Waals surface area contributed by atoms with Gasteiger partial charge in [0.2, 0.25) is 18.6 Å². The Morgan fingerprint density at radius 1 is 0.923 bits per heavy atom. The number of benzene rings is 2. The van der Waals surface area contributed by atoms with Crippen molar-refractivity contribution < 1.29 is 27.8 Å². The number of carbonyl (C=O) groups excluding carboxylic acids is 2. The van der Waals surface area contributed by atoms with Crippen molar-refractivity contribution >= 4 is 23.2 Å². The molecular weight excluding hydrogens is 346 g/mol. The zero-order valence-electron chi connectivity index (χ0n) is 13.5. The van der Waals surface area contributed by atoms with Gasteiger partial charge in [0.15, 0.2) is 11.5 Å². The molecule has 0 unspecified atom stereocenters. The monoisotopic (exact) mass is 360 g/mol. The van der Waals surface area contributed by atoms with Gasteiger partial charge in [-0.1, -0.05) is 6.07 Å². The van der Waals surface area contributed by atoms with Crippen molar-refractivity contribution in [3.63, 3.8) is 0 Å². The zero-order valence-corrected chi connectivity index (χ0v) is 13.5. The van der Waals surface area contributed by atoms with E-state index in [1.807, 2.05) is 0 Å². The van der Waals surface area contributed by atoms with Crippen molar-refractivity contribution in [1.82, 2.24) is 0 Å². The first-order chi connectivity index (χ1) is 12.5. The van der Waals surface area contributed by atoms with Gasteiger partial charge < -0.3 is 20.1 Å². The van der Waals surface area contributed by atoms with Crippen LogP contribution >= 0.6 is 0 Å². The molecule has 0 aromatic heterocycles. The highest BCUT2D eigenvalue weighted by Crippen LogP contribution is 2.48. The molecule has 0 bridgehead atoms. The van der Waals surface area contributed by atoms with Crippen LogP contribution in [0.25, 0.3) is 0 Å². The van der Waals surface area contributed by atoms with E-state index in [2.05, 4.69) is 10.6 Å². The molecule has 0 spiro atoms. The number of carbonyl (C=O) groups is 2. The molecule has 1 aliphatic carbocycles. The van der Waals surface area contributed by atoms with E-state index in [-0.39, 0.29) is 6.79 Å². The lowest BCUT2D eigenvalue weighted by Crippen LogP contribution is -2.36. The predicted octanol–water partition coefficient (Wildman–Crippen LogP) is 3.05. The van der Waals surface area contributed by atoms with E-state index in [4.69, 9.17) is 9.47 Å². The number of rotatable bonds is 4. The number of hydrogen-bond acceptors (Lipinski definition) is 4. The van der Waals surface area contributed by atoms with Crippen molar-refractivity contribution in [3.05, 3.63) is 48.0 Å². The van der Waals surface area contributed by atoms with Gasteiger partial charge in [-0.2, -0.15) is 0 Å². The van der Waals surface area contributed by atoms with Crippen molar-refractivity contribution in [1.29, 1.82) is 0 Å². The molecule has 8 heteroatoms. The zero-order chi connectivity index (χ0) is 18.3. The highest BCUT2D eigenvalue weighted by atomic mass is 19.1. The predicted molar refractivity (Wildman–Crippen MR) is 87.8 cm³/mol. The van der Waals surface area contributed by atoms with E-state index in [1.54, 1.807) is 18.2 Å². The van der Waals surface area contributed by atoms with Crippen LogP contribution in [0.4, 0.5) is 20.2 Å². The first-order valence-corrected chi connectivity index (χ1v) is 7.96. The molecule has 2 aromatic rings. The van der Waals surface area contributed by atoms with Crippen LogP contribution in [0.15, 0.2) is 36.4 Å². The molecule has 26 heavy (non-hydrogen) atoms. The summed E-state index contributed by atoms with van der Waals surface area (Å²) in [5, 5.41) is 4.84. The van der Waals surface area contributed by atoms with Gasteiger partial charge in [0, 0.05) is 11.8 Å². The van der Waals surface area contributed by atoms with E-state index >= 15 is 0 Å². The summed E-state index contributed by atoms with van der Waals surface area (Å²) in [5.41, 5.74) is -1.46. The fourth-order valence-corrected chi connectivity index (χ4v) is 2.76. The summed E-state index contributed by atoms with van der Waals surface area (Å²) >= 11 is 0. The van der Waals surface area contributed by atoms with Crippen LogP contribution in [0.5, 0.6) is 11.5 Å². The second-order valence-corrected chi connectivity index (χ2v) is 6.16. The average molecular weight is 360 g/mol. The maximum atomic E-state index is 13.7. The van der Waals surface area contributed by atoms with E-state index in [1.165, 1.54) is 6.07 Å². The third-order valence-electron chi connectivity index (χ3n) is 4.45. The Morgan fingerprint density at radius 2 is 1.58 bits per heavy atom. The molecular formula is C18H14F2N2O4. The Hall–Kier alpha value is -3.16. The highest BCUT2D eigenvalue weighted by molar-refractivity contribution is 6.17. The van der Waals surface area contributed by atoms with Crippen LogP contribution in [-0.2, 0) is 9.59 Å². The highest BCUT2D eigenvalue weighted by Gasteiger charge is 2.56. The number of halogens is 2. The summed E-state index contributed by atoms with van der Waals surface area (Å²) in [6.07, 6.45) is 0.594. The van der Waals surface area contributed by atoms with Gasteiger partial charge >= 0.3 is 0 Å². The quantitative estimate of drug-likeness (QED) is 0.822. The van der Waals surface area contributed by atoms with Crippen LogP contribution in [0.1, 0.15) is 12.8 Å². The van der Waals surface area contributed by atoms with Crippen LogP contribution < -0.4 is 20.1 Å². The summed E-state index contributed by atoms with van der Waals surface area (Å²) in [6.45, 7) is 0.104. The number of fused-ring (bicyclic) bond motifs is 1. The molecule has 2 amide bonds. The number of nitrogens with one attached hydrogen (secondary N) is 2. The second kappa shape index (κ2) is 5.98. The maximum Gasteiger partial charge on any atom is 0.240 e. The maximum absolute atomic E-state index is 13.7. The van der Waals surface area contributed by atoms with E-state index in [0.29, 0.717) is 30.0 Å². The Bertz CT molecular complexity index is 892. The molecule has 0 atom stereocenters. The number of ether oxygens (including phenoxy) is 2. The number of para-hydroxylation sites is 1. The molecule has 2 aromatic carbocycles. The molecule has 1 fully saturated rings. The van der Waals surface area contributed by atoms with Gasteiger partial charge in [0.25, 0.3) is 0 Å². The molecule has 4 rings (SSSR count). The summed E-state index contributed by atoms with van der Waals surface area (Å²) in [7, 11) is 0. The summed E-state index contributed by atoms with van der Waals surface area (Å²) in [6, 6.07) is 8.11. The standard InChI is InChI=1S/C18H14F2N2O4/c19-11-2-1-3-12(20)15(11)22-17(24)18(6-7-18)16(23)21-10-4-5-13-14(8-10)26-9-25-13/h1-5,8H,6-7,9H2,(H,21,23)(H,22,24). The largest absolute Gasteiger partial charge is 0.454 e. The summed E-state index contributed by atoms with van der Waals surface area (Å²) in [5.74, 6) is -2.01. The summed E-state index contributed by atoms with van der Waals surface area (Å²) in [4.78, 5) is 25.0. The van der Waals surface area contributed by atoms with Crippen molar-refractivity contribution in [2.45, 2.75) is 12.8 Å². The van der Waals surface area contributed by atoms with E-state index < -0.39 is 34.6 Å². The van der Waals surface area contributed by atoms with Gasteiger partial charge in [-0.3, -0.25) is 9.59 Å². The lowest BCUT2D eigenvalue weighted by molar-refractivity contribution is -0.131. The summed E-state index contributed by atoms with van der Waals surface area (Å²) < 4.78 is 37.9. The van der Waals surface area contributed by atoms with Crippen LogP contribution in [0.3, 0.4) is 0 Å². The second-order valence-electron chi connectivity index (χ2n) is 6.16. The number of amides is 2. The molecule has 134 valence electrons. The molecule has 1 heterocycles. The third kappa shape index (κ3) is 2.73. The number of anilines is 2. The minimum Gasteiger partial charge on any atom is -0.454 e. The van der Waals surface area contributed by atoms with Gasteiger partial charge in [0.05, 0.1) is 0 Å². The molecule has 1 aliphatic heterocycles. The topological polar surface area (TPSA) is 76.7 Å². The van der Waals surface area contributed by atoms with Crippen LogP contribution in [0.2, 0.25) is 0 Å². The molecule has 2 N–H and O–H groups in total. The van der Waals surface area contributed by atoms with E-state index in [9.17, 15) is 18.4 Å². The molecule has 0 radical (unpaired) electrons. The van der Waals surface area contributed by atoms with Gasteiger partial charge in [-0.05, 0) is 37.1 Å². The Morgan fingerprint density at radius 3 is 2.27 bits per heavy atom. The molecule has 6 nitrogen and oxygen atoms in total. The van der Waals surface area contributed by atoms with Crippen molar-refractivity contribution in [2.75, 3.05) is 17.4 Å². The molecule has 2 aliphatic rings. The molecule has 1 saturated carbocycles. The fourth-order valence-electron chi connectivity index (χ4n) is 2.76. The third-order valence-corrected chi connectivity index (χ3v) is 4.45. The molecule has 0 saturated heterocycles. The minimum atomic E-state index is -1.34. The smallest absolute Gasteiger partial charge is 0.240 e. The fraction of sp³-hybridized carbons (Fsp3) is 0.222. The lowest BCUT2D eigenvalue weighted by Gasteiger charge is -2.16. The number of hydrogen-bond donors (Lipinski definition) is 2. The van der Waals surface area contributed by atoms with Crippen molar-refractivity contribution in [2.24, 2.45) is 5.41 Å². The first kappa shape index (κ1) is 16.3.